The molecule has 0 N–H and O–H groups in total. The molecule has 0 rings (SSSR count). The highest BCUT2D eigenvalue weighted by Gasteiger charge is 2.18. The van der Waals surface area contributed by atoms with Crippen molar-refractivity contribution in [2.75, 3.05) is 17.4 Å². The lowest BCUT2D eigenvalue weighted by Gasteiger charge is -2.07. The molecule has 0 heterocycles. The molecule has 0 aromatic carbocycles. The Morgan fingerprint density at radius 2 is 1.78 bits per heavy atom. The molecule has 0 unspecified atom stereocenters. The van der Waals surface area contributed by atoms with E-state index in [1.165, 1.54) is 11.8 Å². The summed E-state index contributed by atoms with van der Waals surface area (Å²) >= 11 is 23.2. The number of thioether (sulfide) groups is 1. The summed E-state index contributed by atoms with van der Waals surface area (Å²) in [6.45, 7) is 0. The van der Waals surface area contributed by atoms with E-state index in [9.17, 15) is 0 Å². The van der Waals surface area contributed by atoms with Gasteiger partial charge in [-0.2, -0.15) is 11.8 Å². The van der Waals surface area contributed by atoms with Crippen LogP contribution in [0, 0.1) is 0 Å². The zero-order valence-electron chi connectivity index (χ0n) is 4.54. The van der Waals surface area contributed by atoms with Crippen LogP contribution in [0.5, 0.6) is 0 Å². The SMILES string of the molecule is ClCCSCC(Cl)(Cl)Cl. The third-order valence-corrected chi connectivity index (χ3v) is 2.91. The Morgan fingerprint density at radius 3 is 2.11 bits per heavy atom. The van der Waals surface area contributed by atoms with Crippen molar-refractivity contribution >= 4 is 58.2 Å². The largest absolute Gasteiger partial charge is 0.199 e. The second kappa shape index (κ2) is 5.20. The highest BCUT2D eigenvalue weighted by molar-refractivity contribution is 7.99. The van der Waals surface area contributed by atoms with Gasteiger partial charge in [0, 0.05) is 17.4 Å². The molecule has 0 fully saturated rings. The van der Waals surface area contributed by atoms with Crippen LogP contribution in [0.15, 0.2) is 0 Å². The monoisotopic (exact) mass is 226 g/mol. The van der Waals surface area contributed by atoms with Gasteiger partial charge in [-0.15, -0.1) is 11.6 Å². The number of hydrogen-bond acceptors (Lipinski definition) is 1. The molecule has 0 saturated carbocycles. The predicted octanol–water partition coefficient (Wildman–Crippen LogP) is 3.33. The van der Waals surface area contributed by atoms with Crippen molar-refractivity contribution in [3.8, 4) is 0 Å². The topological polar surface area (TPSA) is 0 Å². The van der Waals surface area contributed by atoms with Gasteiger partial charge >= 0.3 is 0 Å². The normalized spacial score (nSPS) is 12.0. The molecule has 5 heteroatoms. The van der Waals surface area contributed by atoms with Gasteiger partial charge in [-0.05, 0) is 0 Å². The molecule has 0 spiro atoms. The number of halogens is 4. The van der Waals surface area contributed by atoms with Crippen LogP contribution in [0.1, 0.15) is 0 Å². The van der Waals surface area contributed by atoms with Gasteiger partial charge in [0.1, 0.15) is 0 Å². The Morgan fingerprint density at radius 1 is 1.22 bits per heavy atom. The van der Waals surface area contributed by atoms with Crippen LogP contribution in [0.2, 0.25) is 0 Å². The first-order valence-electron chi connectivity index (χ1n) is 2.27. The fourth-order valence-electron chi connectivity index (χ4n) is 0.242. The molecule has 0 aliphatic heterocycles. The zero-order valence-corrected chi connectivity index (χ0v) is 8.38. The molecule has 0 saturated heterocycles. The van der Waals surface area contributed by atoms with Gasteiger partial charge in [0.05, 0.1) is 0 Å². The zero-order chi connectivity index (χ0) is 7.33. The molecule has 56 valence electrons. The smallest absolute Gasteiger partial charge is 0.156 e. The summed E-state index contributed by atoms with van der Waals surface area (Å²) in [6, 6.07) is 0. The van der Waals surface area contributed by atoms with Crippen LogP contribution < -0.4 is 0 Å². The first-order valence-corrected chi connectivity index (χ1v) is 5.09. The van der Waals surface area contributed by atoms with Gasteiger partial charge in [0.25, 0.3) is 0 Å². The third-order valence-electron chi connectivity index (χ3n) is 0.487. The Bertz CT molecular complexity index is 69.5. The molecule has 0 aromatic rings. The van der Waals surface area contributed by atoms with Gasteiger partial charge in [0.15, 0.2) is 3.79 Å². The minimum Gasteiger partial charge on any atom is -0.156 e. The average molecular weight is 228 g/mol. The summed E-state index contributed by atoms with van der Waals surface area (Å²) < 4.78 is -1.13. The number of hydrogen-bond donors (Lipinski definition) is 0. The van der Waals surface area contributed by atoms with E-state index < -0.39 is 3.79 Å². The van der Waals surface area contributed by atoms with E-state index in [1.807, 2.05) is 0 Å². The van der Waals surface area contributed by atoms with E-state index in [1.54, 1.807) is 0 Å². The molecule has 0 bridgehead atoms. The van der Waals surface area contributed by atoms with Crippen LogP contribution >= 0.6 is 58.2 Å². The van der Waals surface area contributed by atoms with E-state index in [4.69, 9.17) is 46.4 Å². The maximum Gasteiger partial charge on any atom is 0.199 e. The van der Waals surface area contributed by atoms with Gasteiger partial charge < -0.3 is 0 Å². The number of alkyl halides is 4. The van der Waals surface area contributed by atoms with Crippen molar-refractivity contribution in [3.63, 3.8) is 0 Å². The summed E-state index contributed by atoms with van der Waals surface area (Å²) in [5.74, 6) is 1.94. The highest BCUT2D eigenvalue weighted by Crippen LogP contribution is 2.29. The van der Waals surface area contributed by atoms with Gasteiger partial charge in [0.2, 0.25) is 0 Å². The Labute approximate surface area is 79.2 Å². The van der Waals surface area contributed by atoms with Gasteiger partial charge in [-0.1, -0.05) is 34.8 Å². The number of rotatable bonds is 3. The van der Waals surface area contributed by atoms with Gasteiger partial charge in [-0.25, -0.2) is 0 Å². The summed E-state index contributed by atoms with van der Waals surface area (Å²) in [7, 11) is 0. The molecule has 0 atom stereocenters. The molecule has 0 nitrogen and oxygen atoms in total. The summed E-state index contributed by atoms with van der Waals surface area (Å²) in [5.41, 5.74) is 0. The van der Waals surface area contributed by atoms with Crippen LogP contribution in [0.4, 0.5) is 0 Å². The first kappa shape index (κ1) is 10.5. The molecule has 0 amide bonds. The summed E-state index contributed by atoms with van der Waals surface area (Å²) in [6.07, 6.45) is 0. The lowest BCUT2D eigenvalue weighted by Crippen LogP contribution is -2.06. The van der Waals surface area contributed by atoms with E-state index >= 15 is 0 Å². The second-order valence-corrected chi connectivity index (χ2v) is 5.36. The van der Waals surface area contributed by atoms with Gasteiger partial charge in [-0.3, -0.25) is 0 Å². The van der Waals surface area contributed by atoms with Crippen LogP contribution in [-0.4, -0.2) is 21.2 Å². The average Bonchev–Trinajstić information content (AvgIpc) is 1.63. The van der Waals surface area contributed by atoms with Crippen LogP contribution in [0.25, 0.3) is 0 Å². The highest BCUT2D eigenvalue weighted by atomic mass is 35.6. The van der Waals surface area contributed by atoms with E-state index in [2.05, 4.69) is 0 Å². The fraction of sp³-hybridized carbons (Fsp3) is 1.00. The van der Waals surface area contributed by atoms with Crippen molar-refractivity contribution in [2.45, 2.75) is 3.79 Å². The van der Waals surface area contributed by atoms with Crippen molar-refractivity contribution in [3.05, 3.63) is 0 Å². The minimum atomic E-state index is -1.13. The lowest BCUT2D eigenvalue weighted by molar-refractivity contribution is 1.28. The Hall–Kier alpha value is 1.51. The first-order chi connectivity index (χ1) is 4.06. The van der Waals surface area contributed by atoms with E-state index in [-0.39, 0.29) is 0 Å². The molecule has 0 aliphatic rings. The summed E-state index contributed by atoms with van der Waals surface area (Å²) in [4.78, 5) is 0. The second-order valence-electron chi connectivity index (χ2n) is 1.36. The molecular weight excluding hydrogens is 222 g/mol. The lowest BCUT2D eigenvalue weighted by atomic mass is 10.9. The van der Waals surface area contributed by atoms with Crippen molar-refractivity contribution in [1.82, 2.24) is 0 Å². The van der Waals surface area contributed by atoms with E-state index in [0.29, 0.717) is 11.6 Å². The maximum absolute atomic E-state index is 5.44. The van der Waals surface area contributed by atoms with Crippen molar-refractivity contribution in [2.24, 2.45) is 0 Å². The Balaban J connectivity index is 3.07. The standard InChI is InChI=1S/C4H6Cl4S/c5-1-2-9-3-4(6,7)8/h1-3H2. The minimum absolute atomic E-state index is 0.504. The summed E-state index contributed by atoms with van der Waals surface area (Å²) in [5, 5.41) is 0. The molecule has 0 radical (unpaired) electrons. The molecule has 9 heavy (non-hydrogen) atoms. The Kier molecular flexibility index (Phi) is 6.07. The molecule has 0 aromatic heterocycles. The van der Waals surface area contributed by atoms with Crippen molar-refractivity contribution in [1.29, 1.82) is 0 Å². The fourth-order valence-corrected chi connectivity index (χ4v) is 1.75. The van der Waals surface area contributed by atoms with Crippen LogP contribution in [0.3, 0.4) is 0 Å². The van der Waals surface area contributed by atoms with Crippen molar-refractivity contribution < 1.29 is 0 Å². The third kappa shape index (κ3) is 9.51. The quantitative estimate of drug-likeness (QED) is 0.527. The molecule has 0 aliphatic carbocycles. The predicted molar refractivity (Wildman–Crippen MR) is 48.3 cm³/mol. The van der Waals surface area contributed by atoms with Crippen LogP contribution in [-0.2, 0) is 0 Å². The molecular formula is C4H6Cl4S. The maximum atomic E-state index is 5.44. The van der Waals surface area contributed by atoms with E-state index in [0.717, 1.165) is 5.75 Å².